The molecule has 0 spiro atoms. The van der Waals surface area contributed by atoms with Crippen LogP contribution < -0.4 is 0 Å². The number of nitrogens with one attached hydrogen (secondary N) is 1. The van der Waals surface area contributed by atoms with Crippen molar-refractivity contribution in [2.75, 3.05) is 0 Å². The van der Waals surface area contributed by atoms with E-state index in [-0.39, 0.29) is 5.56 Å². The summed E-state index contributed by atoms with van der Waals surface area (Å²) in [5.74, 6) is -0.952. The Bertz CT molecular complexity index is 1450. The molecule has 0 bridgehead atoms. The van der Waals surface area contributed by atoms with Crippen LogP contribution in [-0.4, -0.2) is 26.0 Å². The highest BCUT2D eigenvalue weighted by atomic mass is 79.9. The minimum Gasteiger partial charge on any atom is -0.478 e. The van der Waals surface area contributed by atoms with E-state index in [0.717, 1.165) is 38.2 Å². The van der Waals surface area contributed by atoms with Crippen LogP contribution in [0.2, 0.25) is 0 Å². The van der Waals surface area contributed by atoms with Gasteiger partial charge in [-0.25, -0.2) is 14.8 Å². The number of carboxylic acid groups (broad SMARTS) is 1. The number of carbonyl (C=O) groups is 1. The van der Waals surface area contributed by atoms with Gasteiger partial charge in [-0.15, -0.1) is 0 Å². The summed E-state index contributed by atoms with van der Waals surface area (Å²) in [6.07, 6.45) is 0.918. The topological polar surface area (TPSA) is 78.9 Å². The zero-order valence-electron chi connectivity index (χ0n) is 15.3. The molecule has 0 fully saturated rings. The largest absolute Gasteiger partial charge is 0.478 e. The number of hydrogen-bond donors (Lipinski definition) is 2. The van der Waals surface area contributed by atoms with Gasteiger partial charge in [0.05, 0.1) is 27.6 Å². The third-order valence-corrected chi connectivity index (χ3v) is 5.77. The third kappa shape index (κ3) is 2.34. The van der Waals surface area contributed by atoms with Gasteiger partial charge in [0, 0.05) is 20.9 Å². The summed E-state index contributed by atoms with van der Waals surface area (Å²) in [6, 6.07) is 12.0. The van der Waals surface area contributed by atoms with Gasteiger partial charge in [0.1, 0.15) is 5.52 Å². The maximum Gasteiger partial charge on any atom is 0.338 e. The van der Waals surface area contributed by atoms with Gasteiger partial charge in [-0.3, -0.25) is 0 Å². The van der Waals surface area contributed by atoms with Crippen LogP contribution in [0.3, 0.4) is 0 Å². The van der Waals surface area contributed by atoms with Crippen LogP contribution in [0.25, 0.3) is 43.7 Å². The van der Waals surface area contributed by atoms with E-state index in [2.05, 4.69) is 33.9 Å². The number of rotatable bonds is 2. The Balaban J connectivity index is 2.08. The Morgan fingerprint density at radius 3 is 2.61 bits per heavy atom. The van der Waals surface area contributed by atoms with E-state index in [1.807, 2.05) is 30.3 Å². The molecular formula is C22H16BrN3O2. The van der Waals surface area contributed by atoms with Gasteiger partial charge in [0.25, 0.3) is 0 Å². The summed E-state index contributed by atoms with van der Waals surface area (Å²) in [7, 11) is 0. The van der Waals surface area contributed by atoms with Crippen molar-refractivity contribution >= 4 is 65.6 Å². The fraction of sp³-hybridized carbons (Fsp3) is 0.136. The first kappa shape index (κ1) is 17.1. The van der Waals surface area contributed by atoms with Crippen molar-refractivity contribution in [2.45, 2.75) is 20.3 Å². The molecule has 0 aliphatic carbocycles. The zero-order valence-corrected chi connectivity index (χ0v) is 16.9. The maximum atomic E-state index is 12.0. The standard InChI is InChI=1S/C22H16BrN3O2/c1-3-11-4-7-15-16(8-11)26-21-19(25-15)13-6-5-12(23)9-14(13)18-17(22(27)28)10(2)24-20(18)21/h4-9,24H,3H2,1-2H3,(H,27,28). The van der Waals surface area contributed by atoms with Gasteiger partial charge in [-0.1, -0.05) is 35.0 Å². The van der Waals surface area contributed by atoms with Crippen molar-refractivity contribution in [3.63, 3.8) is 0 Å². The highest BCUT2D eigenvalue weighted by Crippen LogP contribution is 2.38. The number of aromatic carboxylic acids is 1. The van der Waals surface area contributed by atoms with Gasteiger partial charge in [0.2, 0.25) is 0 Å². The highest BCUT2D eigenvalue weighted by Gasteiger charge is 2.22. The molecule has 5 rings (SSSR count). The van der Waals surface area contributed by atoms with Crippen molar-refractivity contribution in [1.82, 2.24) is 15.0 Å². The lowest BCUT2D eigenvalue weighted by molar-refractivity contribution is 0.0698. The molecule has 5 aromatic rings. The normalized spacial score (nSPS) is 11.8. The molecule has 2 heterocycles. The van der Waals surface area contributed by atoms with E-state index in [0.29, 0.717) is 22.1 Å². The average molecular weight is 434 g/mol. The maximum absolute atomic E-state index is 12.0. The molecule has 0 aliphatic rings. The predicted octanol–water partition coefficient (Wildman–Crippen LogP) is 5.75. The summed E-state index contributed by atoms with van der Waals surface area (Å²) in [4.78, 5) is 25.0. The van der Waals surface area contributed by atoms with Crippen LogP contribution in [0, 0.1) is 6.92 Å². The first-order valence-electron chi connectivity index (χ1n) is 9.05. The van der Waals surface area contributed by atoms with E-state index in [1.54, 1.807) is 6.92 Å². The summed E-state index contributed by atoms with van der Waals surface area (Å²) < 4.78 is 0.886. The quantitative estimate of drug-likeness (QED) is 0.274. The Morgan fingerprint density at radius 1 is 1.07 bits per heavy atom. The lowest BCUT2D eigenvalue weighted by Crippen LogP contribution is -1.98. The van der Waals surface area contributed by atoms with Gasteiger partial charge in [-0.2, -0.15) is 0 Å². The number of aromatic amines is 1. The van der Waals surface area contributed by atoms with Crippen molar-refractivity contribution in [2.24, 2.45) is 0 Å². The minimum absolute atomic E-state index is 0.282. The van der Waals surface area contributed by atoms with Crippen LogP contribution in [0.15, 0.2) is 40.9 Å². The molecule has 3 aromatic carbocycles. The van der Waals surface area contributed by atoms with E-state index in [1.165, 1.54) is 5.56 Å². The van der Waals surface area contributed by atoms with Crippen LogP contribution in [0.4, 0.5) is 0 Å². The number of fused-ring (bicyclic) bond motifs is 7. The second kappa shape index (κ2) is 6.01. The molecule has 2 N–H and O–H groups in total. The van der Waals surface area contributed by atoms with Crippen LogP contribution >= 0.6 is 15.9 Å². The summed E-state index contributed by atoms with van der Waals surface area (Å²) in [5, 5.41) is 12.2. The van der Waals surface area contributed by atoms with E-state index < -0.39 is 5.97 Å². The van der Waals surface area contributed by atoms with Gasteiger partial charge < -0.3 is 10.1 Å². The smallest absolute Gasteiger partial charge is 0.338 e. The fourth-order valence-electron chi connectivity index (χ4n) is 3.95. The molecule has 0 aliphatic heterocycles. The fourth-order valence-corrected chi connectivity index (χ4v) is 4.31. The molecule has 0 saturated carbocycles. The number of halogens is 1. The Kier molecular flexibility index (Phi) is 3.67. The number of nitrogens with zero attached hydrogens (tertiary/aromatic N) is 2. The Morgan fingerprint density at radius 2 is 1.86 bits per heavy atom. The van der Waals surface area contributed by atoms with E-state index >= 15 is 0 Å². The van der Waals surface area contributed by atoms with Crippen molar-refractivity contribution in [3.8, 4) is 0 Å². The van der Waals surface area contributed by atoms with Gasteiger partial charge in [0.15, 0.2) is 0 Å². The summed E-state index contributed by atoms with van der Waals surface area (Å²) >= 11 is 3.51. The summed E-state index contributed by atoms with van der Waals surface area (Å²) in [5.41, 5.74) is 5.90. The molecule has 0 unspecified atom stereocenters. The second-order valence-electron chi connectivity index (χ2n) is 6.97. The van der Waals surface area contributed by atoms with Crippen molar-refractivity contribution in [1.29, 1.82) is 0 Å². The number of aryl methyl sites for hydroxylation is 2. The highest BCUT2D eigenvalue weighted by molar-refractivity contribution is 9.10. The van der Waals surface area contributed by atoms with Gasteiger partial charge in [-0.05, 0) is 48.6 Å². The van der Waals surface area contributed by atoms with E-state index in [9.17, 15) is 9.90 Å². The minimum atomic E-state index is -0.952. The molecule has 5 nitrogen and oxygen atoms in total. The molecular weight excluding hydrogens is 418 g/mol. The molecule has 0 amide bonds. The monoisotopic (exact) mass is 433 g/mol. The van der Waals surface area contributed by atoms with Gasteiger partial charge >= 0.3 is 5.97 Å². The lowest BCUT2D eigenvalue weighted by atomic mass is 10.0. The van der Waals surface area contributed by atoms with Crippen LogP contribution in [0.1, 0.15) is 28.5 Å². The average Bonchev–Trinajstić information content (AvgIpc) is 3.04. The second-order valence-corrected chi connectivity index (χ2v) is 7.88. The SMILES string of the molecule is CCc1ccc2nc3c4ccc(Br)cc4c4c(C(=O)O)c(C)[nH]c4c3nc2c1. The Hall–Kier alpha value is -2.99. The summed E-state index contributed by atoms with van der Waals surface area (Å²) in [6.45, 7) is 3.88. The van der Waals surface area contributed by atoms with Crippen molar-refractivity contribution < 1.29 is 9.90 Å². The molecule has 28 heavy (non-hydrogen) atoms. The van der Waals surface area contributed by atoms with E-state index in [4.69, 9.17) is 9.97 Å². The predicted molar refractivity (Wildman–Crippen MR) is 115 cm³/mol. The zero-order chi connectivity index (χ0) is 19.6. The molecule has 6 heteroatoms. The first-order valence-corrected chi connectivity index (χ1v) is 9.84. The Labute approximate surface area is 168 Å². The molecule has 0 radical (unpaired) electrons. The molecule has 0 atom stereocenters. The first-order chi connectivity index (χ1) is 13.5. The number of benzene rings is 3. The lowest BCUT2D eigenvalue weighted by Gasteiger charge is -2.09. The number of H-pyrrole nitrogens is 1. The molecule has 138 valence electrons. The third-order valence-electron chi connectivity index (χ3n) is 5.28. The van der Waals surface area contributed by atoms with Crippen LogP contribution in [-0.2, 0) is 6.42 Å². The number of aromatic nitrogens is 3. The molecule has 2 aromatic heterocycles. The molecule has 0 saturated heterocycles. The van der Waals surface area contributed by atoms with Crippen LogP contribution in [0.5, 0.6) is 0 Å². The number of hydrogen-bond acceptors (Lipinski definition) is 3. The number of carboxylic acids is 1. The van der Waals surface area contributed by atoms with Crippen molar-refractivity contribution in [3.05, 3.63) is 57.7 Å².